The van der Waals surface area contributed by atoms with Gasteiger partial charge in [0.15, 0.2) is 5.60 Å². The predicted octanol–water partition coefficient (Wildman–Crippen LogP) is 5.32. The van der Waals surface area contributed by atoms with Crippen molar-refractivity contribution in [3.63, 3.8) is 0 Å². The number of aliphatic hydroxyl groups is 1. The average Bonchev–Trinajstić information content (AvgIpc) is 3.24. The number of Topliss-reactive ketones (excluding diaryl/α,β-unsaturated/α-hetero) is 1. The Balaban J connectivity index is 1.61. The van der Waals surface area contributed by atoms with Crippen molar-refractivity contribution in [2.75, 3.05) is 20.2 Å². The molecule has 2 aromatic carbocycles. The maximum atomic E-state index is 14.3. The lowest BCUT2D eigenvalue weighted by Gasteiger charge is -2.38. The smallest absolute Gasteiger partial charge is 0.417 e. The first-order chi connectivity index (χ1) is 17.7. The number of aromatic nitrogens is 1. The van der Waals surface area contributed by atoms with E-state index >= 15 is 0 Å². The zero-order valence-electron chi connectivity index (χ0n) is 21.4. The molecule has 1 aliphatic rings. The van der Waals surface area contributed by atoms with Crippen LogP contribution in [-0.2, 0) is 16.6 Å². The topological polar surface area (TPSA) is 82.6 Å². The van der Waals surface area contributed by atoms with Crippen molar-refractivity contribution in [1.29, 1.82) is 0 Å². The molecular formula is C28H30F4N2O4. The molecule has 0 aliphatic carbocycles. The number of amides is 1. The van der Waals surface area contributed by atoms with E-state index in [1.54, 1.807) is 23.1 Å². The van der Waals surface area contributed by atoms with Crippen LogP contribution in [-0.4, -0.2) is 58.7 Å². The highest BCUT2D eigenvalue weighted by molar-refractivity contribution is 5.99. The Morgan fingerprint density at radius 2 is 1.76 bits per heavy atom. The van der Waals surface area contributed by atoms with Crippen molar-refractivity contribution >= 4 is 22.6 Å². The van der Waals surface area contributed by atoms with E-state index in [4.69, 9.17) is 4.74 Å². The lowest BCUT2D eigenvalue weighted by atomic mass is 9.73. The van der Waals surface area contributed by atoms with E-state index in [1.807, 2.05) is 0 Å². The monoisotopic (exact) mass is 534 g/mol. The van der Waals surface area contributed by atoms with Gasteiger partial charge in [-0.05, 0) is 54.3 Å². The van der Waals surface area contributed by atoms with Gasteiger partial charge in [0, 0.05) is 60.1 Å². The molecule has 1 fully saturated rings. The standard InChI is InChI=1S/C28H30F4N2O4/c1-26(2,22-14-19(29)5-7-24(22)38-3)16-27(37,28(30,31)32)15-20-13-18-12-17(4-6-23(18)33-20)25(36)34-10-8-21(35)9-11-34/h4-7,12-14,33,37H,8-11,15-16H2,1-3H3. The van der Waals surface area contributed by atoms with Crippen LogP contribution in [0.2, 0.25) is 0 Å². The van der Waals surface area contributed by atoms with Crippen LogP contribution in [0.15, 0.2) is 42.5 Å². The number of fused-ring (bicyclic) bond motifs is 1. The molecule has 10 heteroatoms. The second kappa shape index (κ2) is 10.1. The first-order valence-corrected chi connectivity index (χ1v) is 12.3. The highest BCUT2D eigenvalue weighted by Gasteiger charge is 2.56. The van der Waals surface area contributed by atoms with Gasteiger partial charge in [-0.3, -0.25) is 9.59 Å². The number of hydrogen-bond acceptors (Lipinski definition) is 4. The number of rotatable bonds is 7. The summed E-state index contributed by atoms with van der Waals surface area (Å²) in [4.78, 5) is 28.8. The summed E-state index contributed by atoms with van der Waals surface area (Å²) in [6.45, 7) is 3.66. The average molecular weight is 535 g/mol. The maximum absolute atomic E-state index is 14.3. The Bertz CT molecular complexity index is 1350. The number of benzene rings is 2. The number of carbonyl (C=O) groups is 2. The number of hydrogen-bond donors (Lipinski definition) is 2. The Morgan fingerprint density at radius 3 is 2.39 bits per heavy atom. The number of halogens is 4. The van der Waals surface area contributed by atoms with Gasteiger partial charge in [0.2, 0.25) is 0 Å². The predicted molar refractivity (Wildman–Crippen MR) is 134 cm³/mol. The fourth-order valence-corrected chi connectivity index (χ4v) is 5.18. The molecule has 1 atom stereocenters. The fraction of sp³-hybridized carbons (Fsp3) is 0.429. The lowest BCUT2D eigenvalue weighted by molar-refractivity contribution is -0.266. The van der Waals surface area contributed by atoms with Crippen molar-refractivity contribution in [1.82, 2.24) is 9.88 Å². The van der Waals surface area contributed by atoms with E-state index < -0.39 is 35.9 Å². The molecule has 204 valence electrons. The quantitative estimate of drug-likeness (QED) is 0.402. The molecule has 1 unspecified atom stereocenters. The minimum Gasteiger partial charge on any atom is -0.496 e. The minimum atomic E-state index is -4.99. The van der Waals surface area contributed by atoms with Crippen LogP contribution in [0.1, 0.15) is 54.7 Å². The van der Waals surface area contributed by atoms with Gasteiger partial charge in [0.05, 0.1) is 7.11 Å². The van der Waals surface area contributed by atoms with Crippen LogP contribution in [0.5, 0.6) is 5.75 Å². The summed E-state index contributed by atoms with van der Waals surface area (Å²) in [6.07, 6.45) is -5.92. The number of aromatic amines is 1. The third-order valence-corrected chi connectivity index (χ3v) is 7.17. The minimum absolute atomic E-state index is 0.107. The van der Waals surface area contributed by atoms with Crippen molar-refractivity contribution in [3.8, 4) is 5.75 Å². The normalized spacial score (nSPS) is 16.5. The molecule has 2 N–H and O–H groups in total. The zero-order valence-corrected chi connectivity index (χ0v) is 21.4. The summed E-state index contributed by atoms with van der Waals surface area (Å²) in [6, 6.07) is 9.88. The van der Waals surface area contributed by atoms with Crippen molar-refractivity contribution in [3.05, 3.63) is 65.1 Å². The van der Waals surface area contributed by atoms with E-state index in [-0.39, 0.29) is 28.7 Å². The second-order valence-corrected chi connectivity index (χ2v) is 10.5. The summed E-state index contributed by atoms with van der Waals surface area (Å²) in [5.74, 6) is -0.543. The van der Waals surface area contributed by atoms with Crippen LogP contribution in [0.25, 0.3) is 10.9 Å². The van der Waals surface area contributed by atoms with E-state index in [0.29, 0.717) is 42.4 Å². The molecule has 0 saturated carbocycles. The van der Waals surface area contributed by atoms with E-state index in [2.05, 4.69) is 4.98 Å². The molecule has 0 bridgehead atoms. The third-order valence-electron chi connectivity index (χ3n) is 7.17. The molecule has 4 rings (SSSR count). The van der Waals surface area contributed by atoms with E-state index in [9.17, 15) is 32.3 Å². The Hall–Kier alpha value is -3.40. The highest BCUT2D eigenvalue weighted by atomic mass is 19.4. The van der Waals surface area contributed by atoms with Crippen molar-refractivity contribution in [2.24, 2.45) is 0 Å². The molecule has 2 heterocycles. The van der Waals surface area contributed by atoms with Gasteiger partial charge in [-0.25, -0.2) is 4.39 Å². The molecular weight excluding hydrogens is 504 g/mol. The van der Waals surface area contributed by atoms with Gasteiger partial charge in [-0.2, -0.15) is 13.2 Å². The number of piperidine rings is 1. The molecule has 0 spiro atoms. The van der Waals surface area contributed by atoms with Crippen LogP contribution in [0, 0.1) is 5.82 Å². The van der Waals surface area contributed by atoms with Gasteiger partial charge < -0.3 is 19.7 Å². The molecule has 1 saturated heterocycles. The maximum Gasteiger partial charge on any atom is 0.417 e. The van der Waals surface area contributed by atoms with Crippen LogP contribution < -0.4 is 4.74 Å². The Morgan fingerprint density at radius 1 is 1.08 bits per heavy atom. The van der Waals surface area contributed by atoms with Crippen LogP contribution in [0.3, 0.4) is 0 Å². The number of methoxy groups -OCH3 is 1. The van der Waals surface area contributed by atoms with E-state index in [0.717, 1.165) is 12.1 Å². The van der Waals surface area contributed by atoms with Gasteiger partial charge in [0.1, 0.15) is 17.3 Å². The molecule has 38 heavy (non-hydrogen) atoms. The largest absolute Gasteiger partial charge is 0.496 e. The lowest BCUT2D eigenvalue weighted by Crippen LogP contribution is -2.51. The first kappa shape index (κ1) is 27.6. The molecule has 1 aromatic heterocycles. The van der Waals surface area contributed by atoms with Gasteiger partial charge >= 0.3 is 6.18 Å². The molecule has 1 amide bonds. The number of alkyl halides is 3. The number of carbonyl (C=O) groups excluding carboxylic acids is 2. The molecule has 1 aliphatic heterocycles. The van der Waals surface area contributed by atoms with E-state index in [1.165, 1.54) is 33.1 Å². The summed E-state index contributed by atoms with van der Waals surface area (Å²) in [7, 11) is 1.34. The van der Waals surface area contributed by atoms with Crippen LogP contribution in [0.4, 0.5) is 17.6 Å². The van der Waals surface area contributed by atoms with Gasteiger partial charge in [0.25, 0.3) is 5.91 Å². The van der Waals surface area contributed by atoms with Crippen molar-refractivity contribution < 1.29 is 37.0 Å². The highest BCUT2D eigenvalue weighted by Crippen LogP contribution is 2.45. The Labute approximate surface area is 217 Å². The number of nitrogens with one attached hydrogen (secondary N) is 1. The summed E-state index contributed by atoms with van der Waals surface area (Å²) >= 11 is 0. The number of nitrogens with zero attached hydrogens (tertiary/aromatic N) is 1. The van der Waals surface area contributed by atoms with Gasteiger partial charge in [-0.15, -0.1) is 0 Å². The SMILES string of the molecule is COc1ccc(F)cc1C(C)(C)CC(O)(Cc1cc2cc(C(=O)N3CCC(=O)CC3)ccc2[nH]1)C(F)(F)F. The number of ether oxygens (including phenoxy) is 1. The number of likely N-dealkylation sites (tertiary alicyclic amines) is 1. The summed E-state index contributed by atoms with van der Waals surface area (Å²) < 4.78 is 62.2. The molecule has 0 radical (unpaired) electrons. The van der Waals surface area contributed by atoms with Crippen molar-refractivity contribution in [2.45, 2.75) is 56.7 Å². The van der Waals surface area contributed by atoms with Crippen LogP contribution >= 0.6 is 0 Å². The fourth-order valence-electron chi connectivity index (χ4n) is 5.18. The Kier molecular flexibility index (Phi) is 7.31. The summed E-state index contributed by atoms with van der Waals surface area (Å²) in [5.41, 5.74) is -3.23. The van der Waals surface area contributed by atoms with Gasteiger partial charge in [-0.1, -0.05) is 13.8 Å². The first-order valence-electron chi connectivity index (χ1n) is 12.3. The molecule has 3 aromatic rings. The molecule has 6 nitrogen and oxygen atoms in total. The number of ketones is 1. The number of H-pyrrole nitrogens is 1. The second-order valence-electron chi connectivity index (χ2n) is 10.5. The zero-order chi connectivity index (χ0) is 27.9. The third kappa shape index (κ3) is 5.55. The summed E-state index contributed by atoms with van der Waals surface area (Å²) in [5, 5.41) is 11.5.